The maximum atomic E-state index is 11.5. The number of nitrogens with two attached hydrogens (primary N) is 1. The van der Waals surface area contributed by atoms with Crippen LogP contribution < -0.4 is 11.1 Å². The summed E-state index contributed by atoms with van der Waals surface area (Å²) in [6.45, 7) is 4.37. The fourth-order valence-electron chi connectivity index (χ4n) is 1.65. The van der Waals surface area contributed by atoms with Crippen molar-refractivity contribution in [3.63, 3.8) is 0 Å². The molecular formula is C12H15BrN2OS. The zero-order chi connectivity index (χ0) is 12.6. The van der Waals surface area contributed by atoms with Crippen LogP contribution in [0.1, 0.15) is 25.5 Å². The number of amides is 1. The van der Waals surface area contributed by atoms with Gasteiger partial charge < -0.3 is 11.1 Å². The Morgan fingerprint density at radius 1 is 1.53 bits per heavy atom. The predicted octanol–water partition coefficient (Wildman–Crippen LogP) is 3.15. The standard InChI is InChI=1S/C12H15BrN2OS/c1-6(2)5-17-10-4-9-7(3-8(10)13)11(14)12(16)15-9/h3-4,6,11H,5,14H2,1-2H3,(H,15,16). The lowest BCUT2D eigenvalue weighted by atomic mass is 10.1. The summed E-state index contributed by atoms with van der Waals surface area (Å²) < 4.78 is 1.01. The van der Waals surface area contributed by atoms with Crippen molar-refractivity contribution in [2.45, 2.75) is 24.8 Å². The maximum Gasteiger partial charge on any atom is 0.245 e. The van der Waals surface area contributed by atoms with Crippen LogP contribution >= 0.6 is 27.7 Å². The molecule has 0 bridgehead atoms. The predicted molar refractivity (Wildman–Crippen MR) is 75.3 cm³/mol. The molecule has 3 nitrogen and oxygen atoms in total. The molecule has 1 atom stereocenters. The number of anilines is 1. The number of nitrogens with one attached hydrogen (secondary N) is 1. The highest BCUT2D eigenvalue weighted by atomic mass is 79.9. The van der Waals surface area contributed by atoms with Gasteiger partial charge in [-0.3, -0.25) is 4.79 Å². The Hall–Kier alpha value is -0.520. The van der Waals surface area contributed by atoms with Gasteiger partial charge in [0.15, 0.2) is 0 Å². The lowest BCUT2D eigenvalue weighted by molar-refractivity contribution is -0.116. The number of carbonyl (C=O) groups is 1. The molecule has 1 amide bonds. The average molecular weight is 315 g/mol. The fraction of sp³-hybridized carbons (Fsp3) is 0.417. The van der Waals surface area contributed by atoms with Crippen LogP contribution in [0.4, 0.5) is 5.69 Å². The van der Waals surface area contributed by atoms with Crippen molar-refractivity contribution in [3.05, 3.63) is 22.2 Å². The Labute approximate surface area is 114 Å². The first-order valence-corrected chi connectivity index (χ1v) is 7.29. The summed E-state index contributed by atoms with van der Waals surface area (Å²) in [6.07, 6.45) is 0. The summed E-state index contributed by atoms with van der Waals surface area (Å²) >= 11 is 5.32. The first-order chi connectivity index (χ1) is 7.99. The SMILES string of the molecule is CC(C)CSc1cc2c(cc1Br)C(N)C(=O)N2. The minimum absolute atomic E-state index is 0.127. The van der Waals surface area contributed by atoms with Gasteiger partial charge in [-0.05, 0) is 34.0 Å². The van der Waals surface area contributed by atoms with Crippen LogP contribution in [0.15, 0.2) is 21.5 Å². The number of halogens is 1. The molecule has 92 valence electrons. The molecule has 1 heterocycles. The van der Waals surface area contributed by atoms with Crippen molar-refractivity contribution < 1.29 is 4.79 Å². The number of thioether (sulfide) groups is 1. The zero-order valence-corrected chi connectivity index (χ0v) is 12.2. The second-order valence-electron chi connectivity index (χ2n) is 4.54. The summed E-state index contributed by atoms with van der Waals surface area (Å²) in [7, 11) is 0. The summed E-state index contributed by atoms with van der Waals surface area (Å²) in [5, 5.41) is 2.80. The number of benzene rings is 1. The van der Waals surface area contributed by atoms with E-state index in [9.17, 15) is 4.79 Å². The first kappa shape index (κ1) is 12.9. The quantitative estimate of drug-likeness (QED) is 0.843. The third kappa shape index (κ3) is 2.67. The monoisotopic (exact) mass is 314 g/mol. The van der Waals surface area contributed by atoms with Crippen molar-refractivity contribution in [1.29, 1.82) is 0 Å². The van der Waals surface area contributed by atoms with E-state index in [1.165, 1.54) is 0 Å². The third-order valence-corrected chi connectivity index (χ3v) is 4.95. The van der Waals surface area contributed by atoms with Gasteiger partial charge in [-0.15, -0.1) is 11.8 Å². The molecule has 17 heavy (non-hydrogen) atoms. The molecule has 1 aromatic rings. The Morgan fingerprint density at radius 2 is 2.24 bits per heavy atom. The van der Waals surface area contributed by atoms with Crippen molar-refractivity contribution in [2.24, 2.45) is 11.7 Å². The van der Waals surface area contributed by atoms with E-state index in [2.05, 4.69) is 35.1 Å². The highest BCUT2D eigenvalue weighted by Gasteiger charge is 2.28. The van der Waals surface area contributed by atoms with Crippen LogP contribution in [0.25, 0.3) is 0 Å². The van der Waals surface area contributed by atoms with E-state index in [4.69, 9.17) is 5.73 Å². The third-order valence-electron chi connectivity index (χ3n) is 2.55. The zero-order valence-electron chi connectivity index (χ0n) is 9.79. The maximum absolute atomic E-state index is 11.5. The van der Waals surface area contributed by atoms with Gasteiger partial charge in [0.1, 0.15) is 6.04 Å². The van der Waals surface area contributed by atoms with Crippen LogP contribution in [-0.2, 0) is 4.79 Å². The lowest BCUT2D eigenvalue weighted by Crippen LogP contribution is -2.19. The van der Waals surface area contributed by atoms with E-state index in [-0.39, 0.29) is 5.91 Å². The molecular weight excluding hydrogens is 300 g/mol. The second-order valence-corrected chi connectivity index (χ2v) is 6.46. The molecule has 1 unspecified atom stereocenters. The van der Waals surface area contributed by atoms with Crippen molar-refractivity contribution in [2.75, 3.05) is 11.1 Å². The number of fused-ring (bicyclic) bond motifs is 1. The van der Waals surface area contributed by atoms with Gasteiger partial charge in [-0.2, -0.15) is 0 Å². The molecule has 3 N–H and O–H groups in total. The Morgan fingerprint density at radius 3 is 2.88 bits per heavy atom. The van der Waals surface area contributed by atoms with Gasteiger partial charge in [0, 0.05) is 26.4 Å². The van der Waals surface area contributed by atoms with Gasteiger partial charge in [0.05, 0.1) is 0 Å². The van der Waals surface area contributed by atoms with E-state index in [0.717, 1.165) is 26.4 Å². The van der Waals surface area contributed by atoms with Gasteiger partial charge >= 0.3 is 0 Å². The molecule has 0 radical (unpaired) electrons. The van der Waals surface area contributed by atoms with Gasteiger partial charge in [-0.25, -0.2) is 0 Å². The van der Waals surface area contributed by atoms with E-state index < -0.39 is 6.04 Å². The highest BCUT2D eigenvalue weighted by molar-refractivity contribution is 9.10. The molecule has 0 saturated heterocycles. The smallest absolute Gasteiger partial charge is 0.245 e. The summed E-state index contributed by atoms with van der Waals surface area (Å²) in [4.78, 5) is 12.6. The fourth-order valence-corrected chi connectivity index (χ4v) is 3.27. The van der Waals surface area contributed by atoms with Crippen molar-refractivity contribution >= 4 is 39.3 Å². The van der Waals surface area contributed by atoms with Gasteiger partial charge in [-0.1, -0.05) is 13.8 Å². The number of hydrogen-bond acceptors (Lipinski definition) is 3. The topological polar surface area (TPSA) is 55.1 Å². The highest BCUT2D eigenvalue weighted by Crippen LogP contribution is 2.38. The molecule has 0 saturated carbocycles. The molecule has 0 aromatic heterocycles. The number of hydrogen-bond donors (Lipinski definition) is 2. The molecule has 0 spiro atoms. The second kappa shape index (κ2) is 5.00. The Bertz CT molecular complexity index is 462. The molecule has 1 aliphatic rings. The van der Waals surface area contributed by atoms with Gasteiger partial charge in [0.25, 0.3) is 0 Å². The molecule has 0 fully saturated rings. The lowest BCUT2D eigenvalue weighted by Gasteiger charge is -2.09. The van der Waals surface area contributed by atoms with Crippen LogP contribution in [-0.4, -0.2) is 11.7 Å². The summed E-state index contributed by atoms with van der Waals surface area (Å²) in [5.74, 6) is 1.56. The first-order valence-electron chi connectivity index (χ1n) is 5.51. The van der Waals surface area contributed by atoms with Crippen LogP contribution in [0.2, 0.25) is 0 Å². The Balaban J connectivity index is 2.27. The van der Waals surface area contributed by atoms with E-state index in [1.807, 2.05) is 12.1 Å². The molecule has 1 aliphatic heterocycles. The number of carbonyl (C=O) groups excluding carboxylic acids is 1. The number of rotatable bonds is 3. The minimum Gasteiger partial charge on any atom is -0.324 e. The van der Waals surface area contributed by atoms with Gasteiger partial charge in [0.2, 0.25) is 5.91 Å². The molecule has 2 rings (SSSR count). The van der Waals surface area contributed by atoms with E-state index >= 15 is 0 Å². The van der Waals surface area contributed by atoms with E-state index in [1.54, 1.807) is 11.8 Å². The molecule has 0 aliphatic carbocycles. The summed E-state index contributed by atoms with van der Waals surface area (Å²) in [5.41, 5.74) is 7.51. The molecule has 5 heteroatoms. The Kier molecular flexibility index (Phi) is 3.80. The molecule has 1 aromatic carbocycles. The van der Waals surface area contributed by atoms with Crippen LogP contribution in [0.3, 0.4) is 0 Å². The normalized spacial score (nSPS) is 18.4. The van der Waals surface area contributed by atoms with E-state index in [0.29, 0.717) is 5.92 Å². The average Bonchev–Trinajstić information content (AvgIpc) is 2.52. The van der Waals surface area contributed by atoms with Crippen LogP contribution in [0, 0.1) is 5.92 Å². The van der Waals surface area contributed by atoms with Crippen molar-refractivity contribution in [3.8, 4) is 0 Å². The summed E-state index contributed by atoms with van der Waals surface area (Å²) in [6, 6.07) is 3.41. The largest absolute Gasteiger partial charge is 0.324 e. The van der Waals surface area contributed by atoms with Crippen molar-refractivity contribution in [1.82, 2.24) is 0 Å². The minimum atomic E-state index is -0.537. The van der Waals surface area contributed by atoms with Crippen LogP contribution in [0.5, 0.6) is 0 Å².